The van der Waals surface area contributed by atoms with Crippen molar-refractivity contribution in [2.75, 3.05) is 0 Å². The van der Waals surface area contributed by atoms with E-state index in [-0.39, 0.29) is 50.5 Å². The van der Waals surface area contributed by atoms with Crippen molar-refractivity contribution in [1.29, 1.82) is 0 Å². The lowest BCUT2D eigenvalue weighted by Crippen LogP contribution is -2.52. The van der Waals surface area contributed by atoms with Crippen LogP contribution in [-0.2, 0) is 14.4 Å². The van der Waals surface area contributed by atoms with E-state index in [4.69, 9.17) is 139 Å². The molecule has 0 saturated carbocycles. The molecule has 0 unspecified atom stereocenters. The van der Waals surface area contributed by atoms with Crippen LogP contribution in [0.1, 0.15) is 81.1 Å². The van der Waals surface area contributed by atoms with E-state index in [1.54, 1.807) is 0 Å². The second kappa shape index (κ2) is 27.5. The second-order valence-corrected chi connectivity index (χ2v) is 16.8. The van der Waals surface area contributed by atoms with E-state index in [1.165, 1.54) is 0 Å². The Kier molecular flexibility index (Phi) is 27.6. The topological polar surface area (TPSA) is 275 Å². The average Bonchev–Trinajstić information content (AvgIpc) is 3.44. The Morgan fingerprint density at radius 3 is 0.871 bits per heavy atom. The molecule has 0 aliphatic rings. The third-order valence-electron chi connectivity index (χ3n) is 6.89. The number of nitrogens with zero attached hydrogens (tertiary/aromatic N) is 4. The molecule has 1 aromatic carbocycles. The summed E-state index contributed by atoms with van der Waals surface area (Å²) in [5.41, 5.74) is -6.33. The normalized spacial score (nSPS) is 11.0. The molecule has 0 aliphatic carbocycles. The van der Waals surface area contributed by atoms with Crippen molar-refractivity contribution in [3.05, 3.63) is 90.9 Å². The van der Waals surface area contributed by atoms with Crippen LogP contribution in [0.3, 0.4) is 0 Å². The van der Waals surface area contributed by atoms with Crippen LogP contribution in [0.25, 0.3) is 0 Å². The molecule has 0 saturated heterocycles. The van der Waals surface area contributed by atoms with Crippen molar-refractivity contribution in [2.24, 2.45) is 0 Å². The fourth-order valence-corrected chi connectivity index (χ4v) is 7.62. The summed E-state index contributed by atoms with van der Waals surface area (Å²) in [5.74, 6) is 0. The van der Waals surface area contributed by atoms with E-state index in [1.807, 2.05) is 0 Å². The monoisotopic (exact) mass is 1160 g/mol. The summed E-state index contributed by atoms with van der Waals surface area (Å²) < 4.78 is 33.6. The molecule has 0 N–H and O–H groups in total. The summed E-state index contributed by atoms with van der Waals surface area (Å²) in [7, 11) is 0. The molecule has 0 fully saturated rings. The molecule has 0 radical (unpaired) electrons. The Morgan fingerprint density at radius 2 is 0.694 bits per heavy atom. The van der Waals surface area contributed by atoms with Crippen LogP contribution in [0.2, 0.25) is 35.2 Å². The van der Waals surface area contributed by atoms with E-state index in [2.05, 4.69) is 11.6 Å². The van der Waals surface area contributed by atoms with Crippen LogP contribution >= 0.6 is 162 Å². The number of nitro groups is 4. The molecule has 0 spiro atoms. The number of alkyl halides is 3. The van der Waals surface area contributed by atoms with Gasteiger partial charge in [0.05, 0.1) is 79.7 Å². The van der Waals surface area contributed by atoms with E-state index < -0.39 is 120 Å². The number of halogens is 16. The molecular formula is C27H16Cl13F3N4O14S. The predicted molar refractivity (Wildman–Crippen MR) is 225 cm³/mol. The van der Waals surface area contributed by atoms with Crippen molar-refractivity contribution in [2.45, 2.75) is 68.9 Å². The average molecular weight is 1170 g/mol. The minimum atomic E-state index is -4.27. The predicted octanol–water partition coefficient (Wildman–Crippen LogP) is 12.6. The van der Waals surface area contributed by atoms with Crippen LogP contribution in [0.5, 0.6) is 0 Å². The molecule has 18 nitrogen and oxygen atoms in total. The molecule has 35 heteroatoms. The van der Waals surface area contributed by atoms with Gasteiger partial charge in [0, 0.05) is 19.3 Å². The first kappa shape index (κ1) is 62.2. The maximum Gasteiger partial charge on any atom is 0.459 e. The molecular weight excluding hydrogens is 1150 g/mol. The summed E-state index contributed by atoms with van der Waals surface area (Å²) in [6, 6.07) is 0. The molecule has 0 atom stereocenters. The quantitative estimate of drug-likeness (QED) is 0.0335. The SMILES string of the molecule is O=C(Cl)CCC(CCC(CCC(=O)Cl)([N+](=O)[O-])[N+](=O)[O-])([N+](=O)[O-])[N+](=O)[O-].O=C(Cl)CCC(F)(F)F.O=C(Cl)c1c(Cl)c(Cl)c(Cl)c(Cl)c1Cl.O=C(Cl)c1sc(C(=O)Cl)c(Cl)c1Cl. The van der Waals surface area contributed by atoms with Gasteiger partial charge in [-0.1, -0.05) is 81.2 Å². The van der Waals surface area contributed by atoms with Crippen molar-refractivity contribution >= 4 is 194 Å². The fourth-order valence-electron chi connectivity index (χ4n) is 3.77. The Labute approximate surface area is 411 Å². The summed E-state index contributed by atoms with van der Waals surface area (Å²) in [4.78, 5) is 103. The van der Waals surface area contributed by atoms with E-state index in [9.17, 15) is 82.4 Å². The van der Waals surface area contributed by atoms with Crippen LogP contribution in [0, 0.1) is 40.5 Å². The first-order valence-electron chi connectivity index (χ1n) is 14.8. The van der Waals surface area contributed by atoms with Crippen LogP contribution in [0.4, 0.5) is 13.2 Å². The zero-order valence-electron chi connectivity index (χ0n) is 29.1. The molecule has 1 aromatic heterocycles. The lowest BCUT2D eigenvalue weighted by molar-refractivity contribution is -0.816. The Bertz CT molecular complexity index is 1970. The summed E-state index contributed by atoms with van der Waals surface area (Å²) in [6.45, 7) is 0. The van der Waals surface area contributed by atoms with Gasteiger partial charge in [0.2, 0.25) is 15.7 Å². The Balaban J connectivity index is 0. The Hall–Kier alpha value is -1.90. The van der Waals surface area contributed by atoms with Gasteiger partial charge in [-0.3, -0.25) is 69.2 Å². The number of carbonyl (C=O) groups is 6. The number of hydrogen-bond acceptors (Lipinski definition) is 15. The first-order valence-corrected chi connectivity index (χ1v) is 20.6. The third kappa shape index (κ3) is 19.3. The molecule has 62 heavy (non-hydrogen) atoms. The first-order chi connectivity index (χ1) is 28.1. The number of benzene rings is 1. The zero-order valence-corrected chi connectivity index (χ0v) is 39.8. The van der Waals surface area contributed by atoms with Gasteiger partial charge in [-0.2, -0.15) is 13.2 Å². The second-order valence-electron chi connectivity index (χ2n) is 10.8. The molecule has 2 rings (SSSR count). The van der Waals surface area contributed by atoms with Gasteiger partial charge in [0.15, 0.2) is 0 Å². The van der Waals surface area contributed by atoms with Gasteiger partial charge in [0.1, 0.15) is 22.6 Å². The van der Waals surface area contributed by atoms with E-state index in [0.717, 1.165) is 11.3 Å². The lowest BCUT2D eigenvalue weighted by Gasteiger charge is -2.20. The van der Waals surface area contributed by atoms with Gasteiger partial charge in [-0.15, -0.1) is 11.3 Å². The van der Waals surface area contributed by atoms with Gasteiger partial charge in [-0.25, -0.2) is 0 Å². The highest BCUT2D eigenvalue weighted by atomic mass is 35.5. The molecule has 0 aliphatic heterocycles. The zero-order chi connectivity index (χ0) is 49.4. The lowest BCUT2D eigenvalue weighted by atomic mass is 9.91. The molecule has 2 aromatic rings. The van der Waals surface area contributed by atoms with Crippen LogP contribution in [0.15, 0.2) is 0 Å². The van der Waals surface area contributed by atoms with Crippen LogP contribution < -0.4 is 0 Å². The van der Waals surface area contributed by atoms with Crippen molar-refractivity contribution in [3.63, 3.8) is 0 Å². The van der Waals surface area contributed by atoms with Crippen LogP contribution in [-0.4, -0.2) is 68.6 Å². The van der Waals surface area contributed by atoms with Gasteiger partial charge < -0.3 is 0 Å². The number of carbonyl (C=O) groups excluding carboxylic acids is 6. The smallest absolute Gasteiger partial charge is 0.281 e. The van der Waals surface area contributed by atoms with Gasteiger partial charge in [0.25, 0.3) is 15.7 Å². The number of hydrogen-bond donors (Lipinski definition) is 0. The third-order valence-corrected chi connectivity index (χ3v) is 12.8. The summed E-state index contributed by atoms with van der Waals surface area (Å²) >= 11 is 70.7. The maximum atomic E-state index is 11.2. The largest absolute Gasteiger partial charge is 0.459 e. The van der Waals surface area contributed by atoms with Crippen molar-refractivity contribution in [1.82, 2.24) is 0 Å². The molecule has 0 amide bonds. The minimum Gasteiger partial charge on any atom is -0.281 e. The summed E-state index contributed by atoms with van der Waals surface area (Å²) in [5, 5.41) is 38.8. The highest BCUT2D eigenvalue weighted by molar-refractivity contribution is 7.20. The number of thiophene rings is 1. The maximum absolute atomic E-state index is 11.2. The van der Waals surface area contributed by atoms with Crippen molar-refractivity contribution < 1.29 is 61.6 Å². The van der Waals surface area contributed by atoms with Gasteiger partial charge in [-0.05, 0) is 69.6 Å². The molecule has 0 bridgehead atoms. The highest BCUT2D eigenvalue weighted by Gasteiger charge is 2.63. The van der Waals surface area contributed by atoms with Crippen molar-refractivity contribution in [3.8, 4) is 0 Å². The molecule has 1 heterocycles. The fraction of sp³-hybridized carbons (Fsp3) is 0.407. The van der Waals surface area contributed by atoms with Gasteiger partial charge >= 0.3 is 17.5 Å². The molecule has 346 valence electrons. The van der Waals surface area contributed by atoms with E-state index >= 15 is 0 Å². The standard InChI is InChI=1S/C10H12Cl2N4O10.C7Cl6O.C6Cl4O2S.C4H4ClF3O/c11-7(17)1-3-9(13(19)20,14(21)22)5-6-10(15(23)24,16(25)26)4-2-8(12)18;8-2-1(7(13)14)3(9)5(11)6(12)4(2)10;7-1-2(8)4(6(10)12)13-3(1)5(9)11;5-3(9)1-2-4(6,7)8/h1-6H2;;;1-2H2. The summed E-state index contributed by atoms with van der Waals surface area (Å²) in [6.07, 6.45) is -12.2. The Morgan fingerprint density at radius 1 is 0.435 bits per heavy atom. The minimum absolute atomic E-state index is 0.00926. The highest BCUT2D eigenvalue weighted by Crippen LogP contribution is 2.44. The number of rotatable bonds is 18. The van der Waals surface area contributed by atoms with E-state index in [0.29, 0.717) is 0 Å².